The summed E-state index contributed by atoms with van der Waals surface area (Å²) in [7, 11) is 0. The van der Waals surface area contributed by atoms with E-state index in [1.54, 1.807) is 22.7 Å². The van der Waals surface area contributed by atoms with Crippen molar-refractivity contribution in [3.63, 3.8) is 0 Å². The minimum absolute atomic E-state index is 0.140. The molecule has 0 amide bonds. The zero-order valence-corrected chi connectivity index (χ0v) is 51.3. The molecule has 0 saturated carbocycles. The van der Waals surface area contributed by atoms with E-state index in [-0.39, 0.29) is 11.1 Å². The number of thiophene rings is 2. The smallest absolute Gasteiger partial charge is 0.259 e. The predicted molar refractivity (Wildman–Crippen MR) is 330 cm³/mol. The summed E-state index contributed by atoms with van der Waals surface area (Å²) in [4.78, 5) is 29.9. The van der Waals surface area contributed by atoms with Gasteiger partial charge in [-0.1, -0.05) is 259 Å². The molecule has 0 bridgehead atoms. The maximum absolute atomic E-state index is 14.9. The average Bonchev–Trinajstić information content (AvgIpc) is 3.98. The first-order chi connectivity index (χ1) is 35.3. The van der Waals surface area contributed by atoms with Gasteiger partial charge in [-0.15, -0.1) is 22.7 Å². The van der Waals surface area contributed by atoms with Crippen LogP contribution < -0.4 is 11.1 Å². The Morgan fingerprint density at radius 3 is 0.833 bits per heavy atom. The number of benzene rings is 1. The van der Waals surface area contributed by atoms with Crippen LogP contribution in [-0.4, -0.2) is 9.13 Å². The highest BCUT2D eigenvalue weighted by Crippen LogP contribution is 2.40. The molecule has 0 spiro atoms. The molecule has 8 heteroatoms. The average molecular weight is 1160 g/mol. The highest BCUT2D eigenvalue weighted by atomic mass is 79.9. The summed E-state index contributed by atoms with van der Waals surface area (Å²) in [5.74, 6) is 0.922. The van der Waals surface area contributed by atoms with E-state index < -0.39 is 0 Å². The van der Waals surface area contributed by atoms with Crippen molar-refractivity contribution in [1.29, 1.82) is 0 Å². The van der Waals surface area contributed by atoms with Gasteiger partial charge in [-0.3, -0.25) is 9.59 Å². The van der Waals surface area contributed by atoms with Crippen molar-refractivity contribution in [2.75, 3.05) is 0 Å². The first-order valence-electron chi connectivity index (χ1n) is 30.7. The van der Waals surface area contributed by atoms with E-state index in [0.29, 0.717) is 11.8 Å². The van der Waals surface area contributed by atoms with Crippen LogP contribution in [-0.2, 0) is 13.1 Å². The summed E-state index contributed by atoms with van der Waals surface area (Å²) in [6.07, 6.45) is 52.8. The van der Waals surface area contributed by atoms with Crippen molar-refractivity contribution in [3.05, 3.63) is 52.5 Å². The van der Waals surface area contributed by atoms with Crippen molar-refractivity contribution >= 4 is 96.5 Å². The maximum atomic E-state index is 14.9. The number of hydrogen-bond acceptors (Lipinski definition) is 4. The maximum Gasteiger partial charge on any atom is 0.259 e. The molecule has 4 heterocycles. The van der Waals surface area contributed by atoms with E-state index in [9.17, 15) is 9.59 Å². The van der Waals surface area contributed by atoms with Crippen LogP contribution in [0.15, 0.2) is 41.4 Å². The fourth-order valence-corrected chi connectivity index (χ4v) is 15.1. The van der Waals surface area contributed by atoms with Gasteiger partial charge in [-0.2, -0.15) is 0 Å². The van der Waals surface area contributed by atoms with Crippen LogP contribution in [0.1, 0.15) is 285 Å². The molecule has 4 nitrogen and oxygen atoms in total. The van der Waals surface area contributed by atoms with Crippen LogP contribution in [0.2, 0.25) is 0 Å². The van der Waals surface area contributed by atoms with Crippen LogP contribution in [0.4, 0.5) is 0 Å². The third-order valence-electron chi connectivity index (χ3n) is 16.3. The molecule has 72 heavy (non-hydrogen) atoms. The van der Waals surface area contributed by atoms with Crippen LogP contribution in [0.25, 0.3) is 42.0 Å². The molecule has 2 atom stereocenters. The normalized spacial score (nSPS) is 13.0. The summed E-state index contributed by atoms with van der Waals surface area (Å²) in [5, 5.41) is 3.86. The van der Waals surface area contributed by atoms with Crippen molar-refractivity contribution in [2.24, 2.45) is 11.8 Å². The Morgan fingerprint density at radius 2 is 0.583 bits per heavy atom. The SMILES string of the molecule is CCCCCCCCCCCCC(CCCCCCCCCC)Cn1c(=O)c2cc(Br)sc2c2cc3c(cc21)c1sc(Br)cc1c(=O)n3CC(CCCCCCCCCC)CCCCCCCCCCCC. The number of aromatic nitrogens is 2. The van der Waals surface area contributed by atoms with Gasteiger partial charge in [0, 0.05) is 23.9 Å². The lowest BCUT2D eigenvalue weighted by atomic mass is 9.93. The summed E-state index contributed by atoms with van der Waals surface area (Å²) in [6, 6.07) is 8.81. The largest absolute Gasteiger partial charge is 0.307 e. The minimum Gasteiger partial charge on any atom is -0.307 e. The molecule has 0 saturated heterocycles. The Morgan fingerprint density at radius 1 is 0.347 bits per heavy atom. The number of halogens is 2. The van der Waals surface area contributed by atoms with Crippen molar-refractivity contribution in [3.8, 4) is 0 Å². The summed E-state index contributed by atoms with van der Waals surface area (Å²) in [6.45, 7) is 10.7. The van der Waals surface area contributed by atoms with Crippen LogP contribution >= 0.6 is 54.5 Å². The van der Waals surface area contributed by atoms with Gasteiger partial charge in [0.2, 0.25) is 0 Å². The van der Waals surface area contributed by atoms with Gasteiger partial charge in [-0.05, 0) is 93.6 Å². The zero-order valence-electron chi connectivity index (χ0n) is 46.4. The van der Waals surface area contributed by atoms with Crippen LogP contribution in [0, 0.1) is 11.8 Å². The van der Waals surface area contributed by atoms with Crippen LogP contribution in [0.5, 0.6) is 0 Å². The molecule has 406 valence electrons. The molecule has 1 aromatic carbocycles. The Balaban J connectivity index is 1.44. The summed E-state index contributed by atoms with van der Waals surface area (Å²) < 4.78 is 8.44. The highest BCUT2D eigenvalue weighted by molar-refractivity contribution is 9.11. The second-order valence-corrected chi connectivity index (χ2v) is 27.4. The highest BCUT2D eigenvalue weighted by Gasteiger charge is 2.23. The van der Waals surface area contributed by atoms with Crippen molar-refractivity contribution in [1.82, 2.24) is 9.13 Å². The Bertz CT molecular complexity index is 2190. The first-order valence-corrected chi connectivity index (χ1v) is 33.9. The van der Waals surface area contributed by atoms with E-state index in [1.807, 2.05) is 0 Å². The van der Waals surface area contributed by atoms with Gasteiger partial charge in [0.15, 0.2) is 0 Å². The Hall–Kier alpha value is -1.48. The zero-order chi connectivity index (χ0) is 51.2. The van der Waals surface area contributed by atoms with Gasteiger partial charge in [0.05, 0.1) is 38.8 Å². The van der Waals surface area contributed by atoms with Gasteiger partial charge >= 0.3 is 0 Å². The molecule has 0 fully saturated rings. The summed E-state index contributed by atoms with van der Waals surface area (Å²) in [5.41, 5.74) is 2.36. The van der Waals surface area contributed by atoms with E-state index >= 15 is 0 Å². The molecule has 0 aliphatic carbocycles. The molecular weight excluding hydrogens is 1050 g/mol. The lowest BCUT2D eigenvalue weighted by molar-refractivity contribution is 0.357. The quantitative estimate of drug-likeness (QED) is 0.0288. The molecular formula is C64H102Br2N2O2S2. The number of unbranched alkanes of at least 4 members (excludes halogenated alkanes) is 32. The Kier molecular flexibility index (Phi) is 31.1. The number of hydrogen-bond donors (Lipinski definition) is 0. The number of rotatable bonds is 44. The van der Waals surface area contributed by atoms with E-state index in [4.69, 9.17) is 0 Å². The molecule has 0 radical (unpaired) electrons. The van der Waals surface area contributed by atoms with Gasteiger partial charge in [-0.25, -0.2) is 0 Å². The van der Waals surface area contributed by atoms with E-state index in [0.717, 1.165) is 62.6 Å². The van der Waals surface area contributed by atoms with E-state index in [2.05, 4.69) is 93.0 Å². The monoisotopic (exact) mass is 1150 g/mol. The molecule has 4 aromatic heterocycles. The van der Waals surface area contributed by atoms with Gasteiger partial charge in [0.25, 0.3) is 11.1 Å². The Labute approximate surface area is 464 Å². The molecule has 2 unspecified atom stereocenters. The van der Waals surface area contributed by atoms with Crippen molar-refractivity contribution in [2.45, 2.75) is 298 Å². The third kappa shape index (κ3) is 20.8. The molecule has 0 aliphatic heterocycles. The van der Waals surface area contributed by atoms with Crippen molar-refractivity contribution < 1.29 is 0 Å². The number of pyridine rings is 2. The second-order valence-electron chi connectivity index (χ2n) is 22.5. The predicted octanol–water partition coefficient (Wildman–Crippen LogP) is 23.2. The molecule has 5 rings (SSSR count). The van der Waals surface area contributed by atoms with Gasteiger partial charge in [0.1, 0.15) is 0 Å². The second kappa shape index (κ2) is 36.5. The summed E-state index contributed by atoms with van der Waals surface area (Å²) >= 11 is 11.0. The van der Waals surface area contributed by atoms with Gasteiger partial charge < -0.3 is 9.13 Å². The first kappa shape index (κ1) is 61.4. The fourth-order valence-electron chi connectivity index (χ4n) is 11.8. The number of fused-ring (bicyclic) bond motifs is 6. The van der Waals surface area contributed by atoms with E-state index in [1.165, 1.54) is 257 Å². The molecule has 5 aromatic rings. The molecule has 0 N–H and O–H groups in total. The number of nitrogens with zero attached hydrogens (tertiary/aromatic N) is 2. The lowest BCUT2D eigenvalue weighted by Crippen LogP contribution is -2.26. The third-order valence-corrected chi connectivity index (χ3v) is 19.6. The topological polar surface area (TPSA) is 44.0 Å². The standard InChI is InChI=1S/C64H102Br2N2O2S2/c1-5-9-13-17-21-25-27-31-35-39-43-51(41-37-33-29-23-19-15-11-7-3)49-67-57-45-54-58(46-53(57)61-55(63(67)69)47-59(65)71-61)68(64(70)56-48-60(66)72-62(54)56)50-52(42-38-34-30-24-20-16-12-8-4)44-40-36-32-28-26-22-18-14-10-6-2/h45-48,51-52H,5-44,49-50H2,1-4H3. The fraction of sp³-hybridized carbons (Fsp3) is 0.750. The van der Waals surface area contributed by atoms with Crippen LogP contribution in [0.3, 0.4) is 0 Å². The minimum atomic E-state index is 0.140. The lowest BCUT2D eigenvalue weighted by Gasteiger charge is -2.23. The molecule has 0 aliphatic rings.